The van der Waals surface area contributed by atoms with Gasteiger partial charge in [0.2, 0.25) is 5.82 Å². The predicted octanol–water partition coefficient (Wildman–Crippen LogP) is 2.74. The third-order valence-electron chi connectivity index (χ3n) is 4.65. The second-order valence-electron chi connectivity index (χ2n) is 6.80. The molecular formula is C19H19F4N5O4. The van der Waals surface area contributed by atoms with Gasteiger partial charge in [-0.2, -0.15) is 23.3 Å². The zero-order chi connectivity index (χ0) is 23.2. The zero-order valence-corrected chi connectivity index (χ0v) is 16.5. The second kappa shape index (κ2) is 9.77. The molecule has 172 valence electrons. The summed E-state index contributed by atoms with van der Waals surface area (Å²) in [6.07, 6.45) is 0.189. The fourth-order valence-corrected chi connectivity index (χ4v) is 3.11. The molecule has 0 unspecified atom stereocenters. The van der Waals surface area contributed by atoms with Crippen LogP contribution in [0.4, 0.5) is 17.6 Å². The van der Waals surface area contributed by atoms with Crippen LogP contribution in [-0.4, -0.2) is 50.3 Å². The lowest BCUT2D eigenvalue weighted by molar-refractivity contribution is -0.192. The number of aliphatic carboxylic acids is 1. The average molecular weight is 457 g/mol. The molecule has 1 aliphatic rings. The van der Waals surface area contributed by atoms with Crippen LogP contribution in [0.1, 0.15) is 24.6 Å². The number of hydrogen-bond donors (Lipinski definition) is 2. The number of alkyl halides is 3. The molecule has 4 rings (SSSR count). The molecule has 3 aromatic rings. The Hall–Kier alpha value is -3.48. The van der Waals surface area contributed by atoms with E-state index in [1.165, 1.54) is 12.1 Å². The van der Waals surface area contributed by atoms with Gasteiger partial charge in [-0.15, -0.1) is 0 Å². The molecule has 32 heavy (non-hydrogen) atoms. The van der Waals surface area contributed by atoms with E-state index in [-0.39, 0.29) is 12.4 Å². The Labute approximate surface area is 179 Å². The molecule has 0 bridgehead atoms. The van der Waals surface area contributed by atoms with Crippen LogP contribution in [0.25, 0.3) is 0 Å². The van der Waals surface area contributed by atoms with Crippen molar-refractivity contribution in [2.45, 2.75) is 31.2 Å². The minimum atomic E-state index is -5.08. The number of hydrogen-bond acceptors (Lipinski definition) is 7. The summed E-state index contributed by atoms with van der Waals surface area (Å²) in [5, 5.41) is 18.9. The number of benzene rings is 1. The number of piperidine rings is 1. The van der Waals surface area contributed by atoms with E-state index in [4.69, 9.17) is 19.2 Å². The maximum absolute atomic E-state index is 13.2. The third kappa shape index (κ3) is 5.60. The van der Waals surface area contributed by atoms with Crippen molar-refractivity contribution < 1.29 is 36.7 Å². The molecule has 2 N–H and O–H groups in total. The van der Waals surface area contributed by atoms with Crippen molar-refractivity contribution >= 4 is 5.97 Å². The highest BCUT2D eigenvalue weighted by atomic mass is 19.4. The molecule has 0 aliphatic carbocycles. The van der Waals surface area contributed by atoms with Gasteiger partial charge in [0.25, 0.3) is 5.89 Å². The van der Waals surface area contributed by atoms with E-state index >= 15 is 0 Å². The Bertz CT molecular complexity index is 1020. The number of carbonyl (C=O) groups is 1. The molecule has 2 aromatic heterocycles. The normalized spacial score (nSPS) is 15.5. The van der Waals surface area contributed by atoms with Crippen LogP contribution in [0.15, 0.2) is 47.2 Å². The summed E-state index contributed by atoms with van der Waals surface area (Å²) in [5.41, 5.74) is -0.446. The second-order valence-corrected chi connectivity index (χ2v) is 6.80. The smallest absolute Gasteiger partial charge is 0.485 e. The van der Waals surface area contributed by atoms with Gasteiger partial charge in [-0.05, 0) is 44.1 Å². The third-order valence-corrected chi connectivity index (χ3v) is 4.65. The summed E-state index contributed by atoms with van der Waals surface area (Å²) < 4.78 is 57.9. The van der Waals surface area contributed by atoms with Gasteiger partial charge >= 0.3 is 12.1 Å². The first-order valence-corrected chi connectivity index (χ1v) is 9.43. The highest BCUT2D eigenvalue weighted by Gasteiger charge is 2.42. The molecule has 1 aliphatic heterocycles. The maximum atomic E-state index is 13.2. The Kier molecular flexibility index (Phi) is 7.08. The first-order chi connectivity index (χ1) is 15.2. The van der Waals surface area contributed by atoms with Gasteiger partial charge in [0.15, 0.2) is 6.61 Å². The molecule has 0 spiro atoms. The van der Waals surface area contributed by atoms with Crippen LogP contribution in [0.3, 0.4) is 0 Å². The minimum Gasteiger partial charge on any atom is -0.485 e. The molecule has 0 amide bonds. The molecule has 1 aromatic carbocycles. The highest BCUT2D eigenvalue weighted by molar-refractivity contribution is 5.73. The summed E-state index contributed by atoms with van der Waals surface area (Å²) in [6, 6.07) is 7.84. The van der Waals surface area contributed by atoms with Gasteiger partial charge in [-0.25, -0.2) is 9.18 Å². The largest absolute Gasteiger partial charge is 0.490 e. The van der Waals surface area contributed by atoms with Crippen LogP contribution >= 0.6 is 0 Å². The number of carboxylic acid groups (broad SMARTS) is 1. The molecule has 13 heteroatoms. The summed E-state index contributed by atoms with van der Waals surface area (Å²) in [6.45, 7) is 1.80. The Morgan fingerprint density at radius 2 is 2.00 bits per heavy atom. The lowest BCUT2D eigenvalue weighted by Gasteiger charge is -2.34. The monoisotopic (exact) mass is 457 g/mol. The molecule has 1 fully saturated rings. The van der Waals surface area contributed by atoms with E-state index in [1.54, 1.807) is 18.3 Å². The Morgan fingerprint density at radius 3 is 2.59 bits per heavy atom. The molecule has 9 nitrogen and oxygen atoms in total. The molecule has 0 saturated carbocycles. The quantitative estimate of drug-likeness (QED) is 0.562. The zero-order valence-electron chi connectivity index (χ0n) is 16.5. The fourth-order valence-electron chi connectivity index (χ4n) is 3.11. The number of nitrogens with zero attached hydrogens (tertiary/aromatic N) is 4. The highest BCUT2D eigenvalue weighted by Crippen LogP contribution is 2.33. The lowest BCUT2D eigenvalue weighted by atomic mass is 9.88. The van der Waals surface area contributed by atoms with Crippen molar-refractivity contribution in [2.75, 3.05) is 13.1 Å². The van der Waals surface area contributed by atoms with Crippen molar-refractivity contribution in [3.8, 4) is 5.75 Å². The molecular weight excluding hydrogens is 438 g/mol. The van der Waals surface area contributed by atoms with Crippen molar-refractivity contribution in [2.24, 2.45) is 0 Å². The van der Waals surface area contributed by atoms with Crippen molar-refractivity contribution in [1.82, 2.24) is 25.2 Å². The maximum Gasteiger partial charge on any atom is 0.490 e. The van der Waals surface area contributed by atoms with Crippen LogP contribution in [-0.2, 0) is 16.9 Å². The van der Waals surface area contributed by atoms with E-state index in [0.29, 0.717) is 17.5 Å². The van der Waals surface area contributed by atoms with Gasteiger partial charge in [-0.1, -0.05) is 11.2 Å². The van der Waals surface area contributed by atoms with Crippen LogP contribution in [0.2, 0.25) is 0 Å². The van der Waals surface area contributed by atoms with E-state index in [2.05, 4.69) is 20.6 Å². The number of carboxylic acids is 1. The van der Waals surface area contributed by atoms with E-state index in [9.17, 15) is 17.6 Å². The molecule has 1 saturated heterocycles. The summed E-state index contributed by atoms with van der Waals surface area (Å²) in [4.78, 5) is 13.4. The number of nitrogens with one attached hydrogen (secondary N) is 1. The Balaban J connectivity index is 0.000000360. The van der Waals surface area contributed by atoms with E-state index in [1.807, 2.05) is 16.9 Å². The van der Waals surface area contributed by atoms with Gasteiger partial charge in [0, 0.05) is 18.5 Å². The number of rotatable bonds is 5. The van der Waals surface area contributed by atoms with Crippen molar-refractivity contribution in [3.05, 3.63) is 60.3 Å². The van der Waals surface area contributed by atoms with Gasteiger partial charge in [0.1, 0.15) is 17.1 Å². The van der Waals surface area contributed by atoms with Crippen LogP contribution in [0.5, 0.6) is 5.75 Å². The van der Waals surface area contributed by atoms with E-state index in [0.717, 1.165) is 25.9 Å². The first kappa shape index (κ1) is 23.2. The van der Waals surface area contributed by atoms with Crippen molar-refractivity contribution in [3.63, 3.8) is 0 Å². The minimum absolute atomic E-state index is 0.111. The van der Waals surface area contributed by atoms with Crippen LogP contribution < -0.4 is 10.1 Å². The average Bonchev–Trinajstić information content (AvgIpc) is 3.45. The van der Waals surface area contributed by atoms with Crippen molar-refractivity contribution in [1.29, 1.82) is 0 Å². The summed E-state index contributed by atoms with van der Waals surface area (Å²) >= 11 is 0. The Morgan fingerprint density at radius 1 is 1.28 bits per heavy atom. The molecule has 0 atom stereocenters. The molecule has 3 heterocycles. The van der Waals surface area contributed by atoms with Crippen LogP contribution in [0, 0.1) is 5.82 Å². The van der Waals surface area contributed by atoms with E-state index < -0.39 is 17.7 Å². The van der Waals surface area contributed by atoms with Gasteiger partial charge < -0.3 is 19.7 Å². The number of halogens is 4. The summed E-state index contributed by atoms with van der Waals surface area (Å²) in [7, 11) is 0. The fraction of sp³-hybridized carbons (Fsp3) is 0.368. The number of aromatic nitrogens is 4. The first-order valence-electron chi connectivity index (χ1n) is 9.43. The summed E-state index contributed by atoms with van der Waals surface area (Å²) in [5.74, 6) is -1.74. The lowest BCUT2D eigenvalue weighted by Crippen LogP contribution is -2.45. The molecule has 0 radical (unpaired) electrons. The topological polar surface area (TPSA) is 115 Å². The standard InChI is InChI=1S/C17H18FN5O2.C2HF3O2/c18-13-3-1-4-14(11-13)24-12-15-21-16(25-22-15)17(5-8-19-9-6-17)23-10-2-7-20-23;3-2(4,5)1(6)7/h1-4,7,10-11,19H,5-6,8-9,12H2;(H,6,7). The van der Waals surface area contributed by atoms with Gasteiger partial charge in [0.05, 0.1) is 0 Å². The van der Waals surface area contributed by atoms with Gasteiger partial charge in [-0.3, -0.25) is 4.68 Å². The SMILES string of the molecule is Fc1cccc(OCc2noc(C3(n4cccn4)CCNCC3)n2)c1.O=C(O)C(F)(F)F. The predicted molar refractivity (Wildman–Crippen MR) is 100 cm³/mol. The number of ether oxygens (including phenoxy) is 1.